The number of benzene rings is 4. The molecule has 1 amide bonds. The molecular formula is C40H36F2N8O7. The van der Waals surface area contributed by atoms with Crippen LogP contribution in [0, 0.1) is 25.5 Å². The molecule has 292 valence electrons. The van der Waals surface area contributed by atoms with E-state index in [4.69, 9.17) is 22.3 Å². The molecule has 0 unspecified atom stereocenters. The number of nitrogens with zero attached hydrogens (tertiary/aromatic N) is 4. The zero-order valence-corrected chi connectivity index (χ0v) is 30.9. The van der Waals surface area contributed by atoms with Crippen LogP contribution in [-0.2, 0) is 9.47 Å². The van der Waals surface area contributed by atoms with E-state index in [0.29, 0.717) is 11.4 Å². The summed E-state index contributed by atoms with van der Waals surface area (Å²) in [7, 11) is 2.35. The van der Waals surface area contributed by atoms with Crippen LogP contribution in [0.5, 0.6) is 0 Å². The molecule has 2 aromatic heterocycles. The molecule has 0 fully saturated rings. The number of carbonyl (C=O) groups is 4. The van der Waals surface area contributed by atoms with Gasteiger partial charge in [0.1, 0.15) is 11.6 Å². The fourth-order valence-electron chi connectivity index (χ4n) is 4.71. The highest BCUT2D eigenvalue weighted by Crippen LogP contribution is 2.22. The molecule has 6 rings (SSSR count). The standard InChI is InChI=1S/C20H17FN4O3.C12H11N3O2.C8H8FNO2/c1-11-3-5-12(6-4-11)16-10-23-18(22)17(25-16)19(26)24-13-7-8-14(15(21)9-13)20(27)28-2;1-7-2-4-8(5-3-7)9-6-14-11(13)10(15-9)12(16)17;1-12-8(11)6-3-2-5(10)4-7(6)9/h3-10H,1-2H3,(H2,22,23)(H,24,26);2-6H,1H3,(H2,13,14)(H,16,17);2-4H,10H2,1H3. The average Bonchev–Trinajstić information content (AvgIpc) is 3.19. The van der Waals surface area contributed by atoms with Gasteiger partial charge in [-0.2, -0.15) is 0 Å². The number of nitrogen functional groups attached to an aromatic ring is 3. The predicted molar refractivity (Wildman–Crippen MR) is 208 cm³/mol. The van der Waals surface area contributed by atoms with Crippen molar-refractivity contribution in [3.05, 3.63) is 143 Å². The maximum absolute atomic E-state index is 14.0. The molecule has 15 nitrogen and oxygen atoms in total. The third-order valence-corrected chi connectivity index (χ3v) is 7.74. The number of aryl methyl sites for hydroxylation is 2. The topological polar surface area (TPSA) is 249 Å². The SMILES string of the molecule is COC(=O)c1ccc(N)cc1F.COC(=O)c1ccc(NC(=O)c2nc(-c3ccc(C)cc3)cnc2N)cc1F.Cc1ccc(-c2cnc(N)c(C(=O)O)n2)cc1. The van der Waals surface area contributed by atoms with E-state index in [9.17, 15) is 28.0 Å². The van der Waals surface area contributed by atoms with Gasteiger partial charge in [-0.25, -0.2) is 43.1 Å². The molecule has 0 spiro atoms. The zero-order chi connectivity index (χ0) is 41.8. The Kier molecular flexibility index (Phi) is 14.0. The highest BCUT2D eigenvalue weighted by Gasteiger charge is 2.18. The summed E-state index contributed by atoms with van der Waals surface area (Å²) in [6.45, 7) is 3.93. The molecule has 0 saturated heterocycles. The number of nitrogens with two attached hydrogens (primary N) is 3. The number of carboxylic acids is 1. The van der Waals surface area contributed by atoms with Gasteiger partial charge in [0.05, 0.1) is 49.1 Å². The Morgan fingerprint density at radius 2 is 1.07 bits per heavy atom. The number of methoxy groups -OCH3 is 2. The Morgan fingerprint density at radius 1 is 0.632 bits per heavy atom. The van der Waals surface area contributed by atoms with Crippen LogP contribution in [0.3, 0.4) is 0 Å². The molecule has 0 aliphatic rings. The molecule has 57 heavy (non-hydrogen) atoms. The summed E-state index contributed by atoms with van der Waals surface area (Å²) in [6, 6.07) is 22.5. The number of hydrogen-bond donors (Lipinski definition) is 5. The lowest BCUT2D eigenvalue weighted by Crippen LogP contribution is -2.17. The van der Waals surface area contributed by atoms with Gasteiger partial charge in [-0.15, -0.1) is 0 Å². The fourth-order valence-corrected chi connectivity index (χ4v) is 4.71. The summed E-state index contributed by atoms with van der Waals surface area (Å²) in [6.07, 6.45) is 2.94. The number of esters is 2. The molecule has 8 N–H and O–H groups in total. The van der Waals surface area contributed by atoms with E-state index < -0.39 is 35.4 Å². The Labute approximate surface area is 324 Å². The maximum Gasteiger partial charge on any atom is 0.358 e. The molecule has 0 aliphatic carbocycles. The quantitative estimate of drug-likeness (QED) is 0.0903. The fraction of sp³-hybridized carbons (Fsp3) is 0.100. The Morgan fingerprint density at radius 3 is 1.51 bits per heavy atom. The molecular weight excluding hydrogens is 742 g/mol. The van der Waals surface area contributed by atoms with E-state index in [2.05, 4.69) is 34.7 Å². The summed E-state index contributed by atoms with van der Waals surface area (Å²) in [5.74, 6) is -4.95. The van der Waals surface area contributed by atoms with Crippen LogP contribution in [0.25, 0.3) is 22.5 Å². The number of nitrogens with one attached hydrogen (secondary N) is 1. The number of ether oxygens (including phenoxy) is 2. The minimum atomic E-state index is -1.18. The van der Waals surface area contributed by atoms with Gasteiger partial charge in [0.15, 0.2) is 23.0 Å². The van der Waals surface area contributed by atoms with Gasteiger partial charge < -0.3 is 37.1 Å². The summed E-state index contributed by atoms with van der Waals surface area (Å²) < 4.78 is 35.8. The number of rotatable bonds is 7. The van der Waals surface area contributed by atoms with Crippen LogP contribution in [-0.4, -0.2) is 63.1 Å². The Balaban J connectivity index is 0.000000210. The highest BCUT2D eigenvalue weighted by molar-refractivity contribution is 6.06. The molecule has 0 aliphatic heterocycles. The van der Waals surface area contributed by atoms with Gasteiger partial charge in [-0.1, -0.05) is 59.7 Å². The number of amides is 1. The Hall–Kier alpha value is -7.82. The predicted octanol–water partition coefficient (Wildman–Crippen LogP) is 6.14. The van der Waals surface area contributed by atoms with Crippen molar-refractivity contribution in [2.75, 3.05) is 36.7 Å². The van der Waals surface area contributed by atoms with Crippen LogP contribution in [0.1, 0.15) is 52.8 Å². The summed E-state index contributed by atoms with van der Waals surface area (Å²) in [5, 5.41) is 11.4. The molecule has 0 atom stereocenters. The second kappa shape index (κ2) is 19.0. The number of carboxylic acid groups (broad SMARTS) is 1. The lowest BCUT2D eigenvalue weighted by molar-refractivity contribution is 0.0586. The highest BCUT2D eigenvalue weighted by atomic mass is 19.1. The summed E-state index contributed by atoms with van der Waals surface area (Å²) in [5.41, 5.74) is 21.0. The van der Waals surface area contributed by atoms with Crippen molar-refractivity contribution in [1.29, 1.82) is 0 Å². The lowest BCUT2D eigenvalue weighted by atomic mass is 10.1. The third kappa shape index (κ3) is 11.1. The Bertz CT molecular complexity index is 2430. The van der Waals surface area contributed by atoms with Gasteiger partial charge >= 0.3 is 17.9 Å². The third-order valence-electron chi connectivity index (χ3n) is 7.74. The first-order valence-corrected chi connectivity index (χ1v) is 16.6. The average molecular weight is 779 g/mol. The van der Waals surface area contributed by atoms with E-state index in [0.717, 1.165) is 41.5 Å². The normalized spacial score (nSPS) is 10.1. The second-order valence-corrected chi connectivity index (χ2v) is 11.9. The zero-order valence-electron chi connectivity index (χ0n) is 30.9. The maximum atomic E-state index is 14.0. The first-order valence-electron chi connectivity index (χ1n) is 16.6. The van der Waals surface area contributed by atoms with Crippen molar-refractivity contribution in [2.45, 2.75) is 13.8 Å². The number of aromatic carboxylic acids is 1. The molecule has 17 heteroatoms. The van der Waals surface area contributed by atoms with Crippen LogP contribution < -0.4 is 22.5 Å². The smallest absolute Gasteiger partial charge is 0.358 e. The van der Waals surface area contributed by atoms with Crippen molar-refractivity contribution in [1.82, 2.24) is 19.9 Å². The van der Waals surface area contributed by atoms with Crippen LogP contribution in [0.15, 0.2) is 97.3 Å². The van der Waals surface area contributed by atoms with Gasteiger partial charge in [0, 0.05) is 22.5 Å². The molecule has 6 aromatic rings. The molecule has 0 bridgehead atoms. The van der Waals surface area contributed by atoms with Gasteiger partial charge in [-0.3, -0.25) is 4.79 Å². The van der Waals surface area contributed by atoms with E-state index in [-0.39, 0.29) is 45.5 Å². The van der Waals surface area contributed by atoms with Gasteiger partial charge in [-0.05, 0) is 50.2 Å². The first kappa shape index (κ1) is 41.9. The summed E-state index contributed by atoms with van der Waals surface area (Å²) >= 11 is 0. The number of anilines is 4. The minimum absolute atomic E-state index is 0.0555. The van der Waals surface area contributed by atoms with E-state index >= 15 is 0 Å². The number of carbonyl (C=O) groups excluding carboxylic acids is 3. The van der Waals surface area contributed by atoms with Crippen molar-refractivity contribution in [2.24, 2.45) is 0 Å². The monoisotopic (exact) mass is 778 g/mol. The first-order chi connectivity index (χ1) is 27.1. The second-order valence-electron chi connectivity index (χ2n) is 11.9. The number of halogens is 2. The van der Waals surface area contributed by atoms with E-state index in [1.54, 1.807) is 0 Å². The van der Waals surface area contributed by atoms with Crippen molar-refractivity contribution in [3.8, 4) is 22.5 Å². The van der Waals surface area contributed by atoms with Crippen LogP contribution in [0.2, 0.25) is 0 Å². The lowest BCUT2D eigenvalue weighted by Gasteiger charge is -2.09. The van der Waals surface area contributed by atoms with Gasteiger partial charge in [0.2, 0.25) is 0 Å². The number of hydrogen-bond acceptors (Lipinski definition) is 13. The van der Waals surface area contributed by atoms with Gasteiger partial charge in [0.25, 0.3) is 5.91 Å². The number of aromatic nitrogens is 4. The molecule has 0 radical (unpaired) electrons. The largest absolute Gasteiger partial charge is 0.476 e. The van der Waals surface area contributed by atoms with E-state index in [1.165, 1.54) is 43.8 Å². The molecule has 0 saturated carbocycles. The van der Waals surface area contributed by atoms with Crippen LogP contribution in [0.4, 0.5) is 31.8 Å². The summed E-state index contributed by atoms with van der Waals surface area (Å²) in [4.78, 5) is 61.8. The minimum Gasteiger partial charge on any atom is -0.476 e. The van der Waals surface area contributed by atoms with Crippen LogP contribution >= 0.6 is 0 Å². The van der Waals surface area contributed by atoms with Crippen molar-refractivity contribution in [3.63, 3.8) is 0 Å². The van der Waals surface area contributed by atoms with Crippen molar-refractivity contribution < 1.29 is 42.5 Å². The van der Waals surface area contributed by atoms with E-state index in [1.807, 2.05) is 62.4 Å². The van der Waals surface area contributed by atoms with Crippen molar-refractivity contribution >= 4 is 46.8 Å². The molecule has 2 heterocycles. The molecule has 4 aromatic carbocycles.